The molecule has 4 rings (SSSR count). The van der Waals surface area contributed by atoms with Gasteiger partial charge in [-0.15, -0.1) is 0 Å². The molecule has 0 radical (unpaired) electrons. The lowest BCUT2D eigenvalue weighted by Gasteiger charge is -2.21. The summed E-state index contributed by atoms with van der Waals surface area (Å²) in [7, 11) is 0. The summed E-state index contributed by atoms with van der Waals surface area (Å²) in [5, 5.41) is 2.67. The zero-order valence-electron chi connectivity index (χ0n) is 16.7. The number of pyridine rings is 2. The van der Waals surface area contributed by atoms with Gasteiger partial charge < -0.3 is 9.73 Å². The first kappa shape index (κ1) is 21.8. The predicted molar refractivity (Wildman–Crippen MR) is 102 cm³/mol. The number of hydrogen-bond acceptors (Lipinski definition) is 5. The van der Waals surface area contributed by atoms with Gasteiger partial charge in [0.15, 0.2) is 0 Å². The van der Waals surface area contributed by atoms with Crippen LogP contribution in [0, 0.1) is 0 Å². The Morgan fingerprint density at radius 2 is 1.97 bits per heavy atom. The van der Waals surface area contributed by atoms with Crippen LogP contribution in [0.3, 0.4) is 0 Å². The average molecular weight is 452 g/mol. The lowest BCUT2D eigenvalue weighted by molar-refractivity contribution is -0.137. The van der Waals surface area contributed by atoms with E-state index < -0.39 is 35.3 Å². The fraction of sp³-hybridized carbons (Fsp3) is 0.333. The highest BCUT2D eigenvalue weighted by Gasteiger charge is 2.33. The van der Waals surface area contributed by atoms with E-state index >= 15 is 0 Å². The van der Waals surface area contributed by atoms with E-state index in [0.717, 1.165) is 19.2 Å². The van der Waals surface area contributed by atoms with Crippen LogP contribution in [0.25, 0.3) is 11.5 Å². The topological polar surface area (TPSA) is 80.9 Å². The molecule has 3 heterocycles. The van der Waals surface area contributed by atoms with Crippen LogP contribution in [-0.2, 0) is 18.5 Å². The number of carbonyl (C=O) groups is 1. The number of aryl methyl sites for hydroxylation is 1. The minimum Gasteiger partial charge on any atom is -0.441 e. The van der Waals surface area contributed by atoms with Crippen molar-refractivity contribution in [1.82, 2.24) is 20.3 Å². The first-order chi connectivity index (χ1) is 15.0. The molecule has 3 aromatic rings. The summed E-state index contributed by atoms with van der Waals surface area (Å²) in [5.41, 5.74) is -0.980. The van der Waals surface area contributed by atoms with Crippen LogP contribution in [-0.4, -0.2) is 20.9 Å². The molecule has 11 heteroatoms. The second-order valence-corrected chi connectivity index (χ2v) is 7.52. The molecule has 1 aliphatic carbocycles. The number of halogens is 5. The smallest absolute Gasteiger partial charge is 0.417 e. The fourth-order valence-electron chi connectivity index (χ4n) is 3.45. The monoisotopic (exact) mass is 452 g/mol. The number of hydrogen-bond donors (Lipinski definition) is 1. The Labute approximate surface area is 178 Å². The Morgan fingerprint density at radius 1 is 1.19 bits per heavy atom. The molecule has 3 aromatic heterocycles. The molecular weight excluding hydrogens is 435 g/mol. The van der Waals surface area contributed by atoms with Gasteiger partial charge in [-0.2, -0.15) is 22.0 Å². The second-order valence-electron chi connectivity index (χ2n) is 7.52. The zero-order valence-corrected chi connectivity index (χ0v) is 16.7. The van der Waals surface area contributed by atoms with Gasteiger partial charge in [-0.25, -0.2) is 4.98 Å². The molecule has 1 amide bonds. The number of carbonyl (C=O) groups excluding carboxylic acids is 1. The summed E-state index contributed by atoms with van der Waals surface area (Å²) in [4.78, 5) is 24.1. The standard InChI is InChI=1S/C21H17F5N4O2/c1-20(22,23)16-8-11(5-6-28-16)19-30-17-14(3-2-4-15(17)32-19)29-18(31)12-7-13(10-27-9-12)21(24,25)26/h5-10,14H,2-4H2,1H3,(H,29,31)/t14-/m0/s1. The first-order valence-electron chi connectivity index (χ1n) is 9.70. The third-order valence-corrected chi connectivity index (χ3v) is 5.04. The molecule has 0 aromatic carbocycles. The molecule has 32 heavy (non-hydrogen) atoms. The van der Waals surface area contributed by atoms with Crippen LogP contribution in [0.15, 0.2) is 41.2 Å². The number of nitrogens with one attached hydrogen (secondary N) is 1. The van der Waals surface area contributed by atoms with E-state index in [4.69, 9.17) is 4.42 Å². The summed E-state index contributed by atoms with van der Waals surface area (Å²) in [6.07, 6.45) is -0.0458. The number of aromatic nitrogens is 3. The summed E-state index contributed by atoms with van der Waals surface area (Å²) >= 11 is 0. The van der Waals surface area contributed by atoms with Gasteiger partial charge >= 0.3 is 6.18 Å². The molecule has 1 N–H and O–H groups in total. The third kappa shape index (κ3) is 4.46. The van der Waals surface area contributed by atoms with Gasteiger partial charge in [0.25, 0.3) is 11.8 Å². The molecule has 0 aliphatic heterocycles. The van der Waals surface area contributed by atoms with Gasteiger partial charge in [-0.3, -0.25) is 14.8 Å². The van der Waals surface area contributed by atoms with Gasteiger partial charge in [-0.1, -0.05) is 0 Å². The van der Waals surface area contributed by atoms with E-state index in [1.165, 1.54) is 18.3 Å². The van der Waals surface area contributed by atoms with Crippen LogP contribution in [0.1, 0.15) is 58.9 Å². The van der Waals surface area contributed by atoms with Crippen molar-refractivity contribution in [3.8, 4) is 11.5 Å². The van der Waals surface area contributed by atoms with Crippen molar-refractivity contribution in [3.05, 3.63) is 65.1 Å². The van der Waals surface area contributed by atoms with Crippen LogP contribution in [0.5, 0.6) is 0 Å². The van der Waals surface area contributed by atoms with Crippen LogP contribution < -0.4 is 5.32 Å². The third-order valence-electron chi connectivity index (χ3n) is 5.04. The van der Waals surface area contributed by atoms with E-state index in [-0.39, 0.29) is 11.5 Å². The molecule has 0 unspecified atom stereocenters. The lowest BCUT2D eigenvalue weighted by atomic mass is 9.96. The Balaban J connectivity index is 1.59. The maximum atomic E-state index is 13.6. The Kier molecular flexibility index (Phi) is 5.43. The van der Waals surface area contributed by atoms with Crippen molar-refractivity contribution in [3.63, 3.8) is 0 Å². The van der Waals surface area contributed by atoms with Gasteiger partial charge in [0, 0.05) is 37.5 Å². The van der Waals surface area contributed by atoms with Gasteiger partial charge in [0.05, 0.1) is 17.2 Å². The number of amides is 1. The highest BCUT2D eigenvalue weighted by molar-refractivity contribution is 5.94. The van der Waals surface area contributed by atoms with E-state index in [9.17, 15) is 26.7 Å². The molecule has 0 fully saturated rings. The quantitative estimate of drug-likeness (QED) is 0.559. The van der Waals surface area contributed by atoms with Gasteiger partial charge in [0.1, 0.15) is 17.1 Å². The molecule has 0 spiro atoms. The number of nitrogens with zero attached hydrogens (tertiary/aromatic N) is 3. The van der Waals surface area contributed by atoms with E-state index in [0.29, 0.717) is 42.5 Å². The molecular formula is C21H17F5N4O2. The molecule has 168 valence electrons. The van der Waals surface area contributed by atoms with Crippen molar-refractivity contribution in [1.29, 1.82) is 0 Å². The number of alkyl halides is 5. The Morgan fingerprint density at radius 3 is 2.69 bits per heavy atom. The van der Waals surface area contributed by atoms with E-state index in [2.05, 4.69) is 20.3 Å². The zero-order chi connectivity index (χ0) is 23.1. The van der Waals surface area contributed by atoms with Crippen LogP contribution in [0.4, 0.5) is 22.0 Å². The molecule has 0 bridgehead atoms. The van der Waals surface area contributed by atoms with Crippen molar-refractivity contribution in [2.75, 3.05) is 0 Å². The average Bonchev–Trinajstić information content (AvgIpc) is 3.18. The number of oxazole rings is 1. The minimum atomic E-state index is -4.62. The largest absolute Gasteiger partial charge is 0.441 e. The highest BCUT2D eigenvalue weighted by atomic mass is 19.4. The summed E-state index contributed by atoms with van der Waals surface area (Å²) in [5.74, 6) is -3.29. The number of rotatable bonds is 4. The Hall–Kier alpha value is -3.37. The predicted octanol–water partition coefficient (Wildman–Crippen LogP) is 5.07. The minimum absolute atomic E-state index is 0.102. The number of fused-ring (bicyclic) bond motifs is 1. The summed E-state index contributed by atoms with van der Waals surface area (Å²) in [6.45, 7) is 0.730. The second kappa shape index (κ2) is 7.95. The lowest BCUT2D eigenvalue weighted by Crippen LogP contribution is -2.31. The summed E-state index contributed by atoms with van der Waals surface area (Å²) < 4.78 is 71.7. The fourth-order valence-corrected chi connectivity index (χ4v) is 3.45. The SMILES string of the molecule is CC(F)(F)c1cc(-c2nc3c(o2)CCC[C@@H]3NC(=O)c2cncc(C(F)(F)F)c2)ccn1. The first-order valence-corrected chi connectivity index (χ1v) is 9.70. The maximum Gasteiger partial charge on any atom is 0.417 e. The molecule has 0 saturated heterocycles. The summed E-state index contributed by atoms with van der Waals surface area (Å²) in [6, 6.07) is 2.78. The van der Waals surface area contributed by atoms with Crippen molar-refractivity contribution < 1.29 is 31.2 Å². The Bertz CT molecular complexity index is 1150. The van der Waals surface area contributed by atoms with E-state index in [1.807, 2.05) is 0 Å². The normalized spacial score (nSPS) is 16.5. The van der Waals surface area contributed by atoms with E-state index in [1.54, 1.807) is 0 Å². The molecule has 1 aliphatic rings. The van der Waals surface area contributed by atoms with Crippen molar-refractivity contribution in [2.45, 2.75) is 44.3 Å². The maximum absolute atomic E-state index is 13.6. The van der Waals surface area contributed by atoms with Crippen LogP contribution >= 0.6 is 0 Å². The highest BCUT2D eigenvalue weighted by Crippen LogP contribution is 2.35. The molecule has 1 atom stereocenters. The molecule has 0 saturated carbocycles. The van der Waals surface area contributed by atoms with Crippen molar-refractivity contribution >= 4 is 5.91 Å². The van der Waals surface area contributed by atoms with Gasteiger partial charge in [-0.05, 0) is 31.0 Å². The molecule has 6 nitrogen and oxygen atoms in total. The van der Waals surface area contributed by atoms with Crippen LogP contribution in [0.2, 0.25) is 0 Å². The van der Waals surface area contributed by atoms with Crippen molar-refractivity contribution in [2.24, 2.45) is 0 Å². The van der Waals surface area contributed by atoms with Gasteiger partial charge in [0.2, 0.25) is 5.89 Å².